The molecule has 0 radical (unpaired) electrons. The maximum absolute atomic E-state index is 13.8. The van der Waals surface area contributed by atoms with E-state index in [1.54, 1.807) is 0 Å². The van der Waals surface area contributed by atoms with Gasteiger partial charge in [-0.05, 0) is 105 Å². The first-order chi connectivity index (χ1) is 21.1. The summed E-state index contributed by atoms with van der Waals surface area (Å²) in [7, 11) is 0. The zero-order valence-corrected chi connectivity index (χ0v) is 25.3. The third-order valence-corrected chi connectivity index (χ3v) is 11.9. The Balaban J connectivity index is 1.03. The smallest absolute Gasteiger partial charge is 0.322 e. The molecule has 2 heterocycles. The second-order valence-corrected chi connectivity index (χ2v) is 14.2. The molecule has 4 bridgehead atoms. The first-order valence-electron chi connectivity index (χ1n) is 16.2. The normalized spacial score (nSPS) is 33.6. The number of nitrogens with zero attached hydrogens (tertiary/aromatic N) is 3. The van der Waals surface area contributed by atoms with Gasteiger partial charge in [0.05, 0.1) is 17.3 Å². The molecule has 6 N–H and O–H groups in total. The number of para-hydroxylation sites is 2. The van der Waals surface area contributed by atoms with Crippen LogP contribution in [-0.2, 0) is 9.59 Å². The van der Waals surface area contributed by atoms with E-state index in [0.717, 1.165) is 81.5 Å². The van der Waals surface area contributed by atoms with Crippen molar-refractivity contribution in [3.05, 3.63) is 60.6 Å². The summed E-state index contributed by atoms with van der Waals surface area (Å²) in [5, 5.41) is 12.8. The number of anilines is 2. The summed E-state index contributed by atoms with van der Waals surface area (Å²) in [4.78, 5) is 43.7. The number of piperidine rings is 1. The Hall–Kier alpha value is -3.95. The molecule has 234 valence electrons. The van der Waals surface area contributed by atoms with Gasteiger partial charge in [0.1, 0.15) is 5.82 Å². The van der Waals surface area contributed by atoms with Crippen LogP contribution in [0.4, 0.5) is 16.2 Å². The predicted octanol–water partition coefficient (Wildman–Crippen LogP) is 3.76. The highest BCUT2D eigenvalue weighted by molar-refractivity contribution is 5.97. The van der Waals surface area contributed by atoms with E-state index in [4.69, 9.17) is 11.5 Å². The number of carboxylic acid groups (broad SMARTS) is 1. The predicted molar refractivity (Wildman–Crippen MR) is 168 cm³/mol. The van der Waals surface area contributed by atoms with Crippen LogP contribution in [-0.4, -0.2) is 60.1 Å². The summed E-state index contributed by atoms with van der Waals surface area (Å²) >= 11 is 0. The van der Waals surface area contributed by atoms with Crippen LogP contribution in [0.3, 0.4) is 0 Å². The number of aliphatic carboxylic acids is 1. The third-order valence-electron chi connectivity index (χ3n) is 11.9. The van der Waals surface area contributed by atoms with Crippen molar-refractivity contribution >= 4 is 29.3 Å². The third kappa shape index (κ3) is 4.73. The van der Waals surface area contributed by atoms with Crippen molar-refractivity contribution in [3.8, 4) is 0 Å². The maximum atomic E-state index is 13.8. The Bertz CT molecular complexity index is 1430. The van der Waals surface area contributed by atoms with E-state index in [1.807, 2.05) is 52.3 Å². The van der Waals surface area contributed by atoms with Gasteiger partial charge in [0.2, 0.25) is 5.91 Å². The summed E-state index contributed by atoms with van der Waals surface area (Å²) in [6, 6.07) is 7.83. The molecule has 2 aliphatic heterocycles. The molecule has 10 heteroatoms. The summed E-state index contributed by atoms with van der Waals surface area (Å²) in [5.74, 6) is 0.687. The number of allylic oxidation sites excluding steroid dienone is 3. The van der Waals surface area contributed by atoms with Crippen LogP contribution in [0.25, 0.3) is 0 Å². The van der Waals surface area contributed by atoms with Crippen molar-refractivity contribution in [2.24, 2.45) is 46.0 Å². The van der Waals surface area contributed by atoms with Crippen LogP contribution in [0.15, 0.2) is 60.6 Å². The lowest BCUT2D eigenvalue weighted by Gasteiger charge is -2.59. The van der Waals surface area contributed by atoms with Crippen LogP contribution in [0.1, 0.15) is 51.4 Å². The molecule has 6 fully saturated rings. The maximum Gasteiger partial charge on any atom is 0.322 e. The quantitative estimate of drug-likeness (QED) is 0.349. The molecule has 5 saturated carbocycles. The molecule has 1 aromatic carbocycles. The summed E-state index contributed by atoms with van der Waals surface area (Å²) in [6.45, 7) is 6.67. The monoisotopic (exact) mass is 600 g/mol. The average Bonchev–Trinajstić information content (AvgIpc) is 3.72. The van der Waals surface area contributed by atoms with E-state index in [-0.39, 0.29) is 34.7 Å². The fourth-order valence-corrected chi connectivity index (χ4v) is 9.65. The van der Waals surface area contributed by atoms with E-state index in [2.05, 4.69) is 16.8 Å². The van der Waals surface area contributed by atoms with Crippen LogP contribution in [0, 0.1) is 34.5 Å². The molecule has 5 aliphatic carbocycles. The molecule has 1 spiro atoms. The lowest BCUT2D eigenvalue weighted by atomic mass is 9.47. The molecule has 7 aliphatic rings. The van der Waals surface area contributed by atoms with Crippen molar-refractivity contribution in [3.63, 3.8) is 0 Å². The van der Waals surface area contributed by atoms with Crippen LogP contribution < -0.4 is 26.6 Å². The standard InChI is InChI=1S/C34H44N6O4/c1-2-24(38-11-9-33(10-12-38)20-25(33)30(41)42)7-8-28(35)39-13-14-40(27-6-4-3-5-26(27)39)32(44)37-29-22-15-21-16-23(29)19-34(17-21,18-22)31(36)43/h2-8,21-23,25,29H,1,9-20,35H2,(H2,36,43)(H,37,44)(H,41,42)/b24-7+,28-8+. The van der Waals surface area contributed by atoms with Crippen molar-refractivity contribution < 1.29 is 19.5 Å². The molecule has 8 rings (SSSR count). The van der Waals surface area contributed by atoms with Gasteiger partial charge in [-0.3, -0.25) is 14.5 Å². The number of nitrogens with one attached hydrogen (secondary N) is 1. The molecule has 3 amide bonds. The minimum Gasteiger partial charge on any atom is -0.481 e. The second-order valence-electron chi connectivity index (χ2n) is 14.2. The molecular weight excluding hydrogens is 556 g/mol. The van der Waals surface area contributed by atoms with E-state index in [0.29, 0.717) is 36.7 Å². The molecule has 1 saturated heterocycles. The molecular formula is C34H44N6O4. The number of carboxylic acids is 1. The highest BCUT2D eigenvalue weighted by Crippen LogP contribution is 2.60. The number of carbonyl (C=O) groups is 3. The van der Waals surface area contributed by atoms with E-state index >= 15 is 0 Å². The lowest BCUT2D eigenvalue weighted by Crippen LogP contribution is -2.63. The van der Waals surface area contributed by atoms with Crippen LogP contribution >= 0.6 is 0 Å². The molecule has 3 atom stereocenters. The van der Waals surface area contributed by atoms with Gasteiger partial charge in [-0.1, -0.05) is 18.7 Å². The number of rotatable bonds is 7. The minimum atomic E-state index is -0.669. The Morgan fingerprint density at radius 1 is 0.909 bits per heavy atom. The summed E-state index contributed by atoms with van der Waals surface area (Å²) in [5.41, 5.74) is 14.8. The van der Waals surface area contributed by atoms with Crippen LogP contribution in [0.2, 0.25) is 0 Å². The van der Waals surface area contributed by atoms with Crippen molar-refractivity contribution in [1.29, 1.82) is 0 Å². The SMILES string of the molecule is C=C/C(=C\C=C(/N)N1CCN(C(=O)NC2C3CC4CC2CC(C(N)=O)(C4)C3)c2ccccc21)N1CCC2(CC1)CC2C(=O)O. The highest BCUT2D eigenvalue weighted by Gasteiger charge is 2.59. The molecule has 0 aromatic heterocycles. The molecule has 44 heavy (non-hydrogen) atoms. The van der Waals surface area contributed by atoms with Gasteiger partial charge in [0.15, 0.2) is 0 Å². The first kappa shape index (κ1) is 28.8. The van der Waals surface area contributed by atoms with Gasteiger partial charge in [-0.15, -0.1) is 0 Å². The molecule has 10 nitrogen and oxygen atoms in total. The number of primary amides is 1. The largest absolute Gasteiger partial charge is 0.481 e. The van der Waals surface area contributed by atoms with Gasteiger partial charge in [0, 0.05) is 43.3 Å². The van der Waals surface area contributed by atoms with E-state index in [1.165, 1.54) is 0 Å². The molecule has 3 unspecified atom stereocenters. The van der Waals surface area contributed by atoms with Gasteiger partial charge >= 0.3 is 12.0 Å². The number of hydrogen-bond acceptors (Lipinski definition) is 6. The van der Waals surface area contributed by atoms with E-state index < -0.39 is 5.97 Å². The second kappa shape index (κ2) is 10.6. The van der Waals surface area contributed by atoms with Crippen LogP contribution in [0.5, 0.6) is 0 Å². The first-order valence-corrected chi connectivity index (χ1v) is 16.2. The zero-order valence-electron chi connectivity index (χ0n) is 25.3. The minimum absolute atomic E-state index is 0.0268. The summed E-state index contributed by atoms with van der Waals surface area (Å²) < 4.78 is 0. The fraction of sp³-hybridized carbons (Fsp3) is 0.559. The number of urea groups is 1. The Morgan fingerprint density at radius 2 is 1.55 bits per heavy atom. The number of benzene rings is 1. The summed E-state index contributed by atoms with van der Waals surface area (Å²) in [6.07, 6.45) is 12.8. The number of likely N-dealkylation sites (tertiary alicyclic amines) is 1. The number of carbonyl (C=O) groups excluding carboxylic acids is 2. The number of hydrogen-bond donors (Lipinski definition) is 4. The Kier molecular flexibility index (Phi) is 6.93. The Labute approximate surface area is 258 Å². The van der Waals surface area contributed by atoms with Gasteiger partial charge in [-0.2, -0.15) is 0 Å². The van der Waals surface area contributed by atoms with Gasteiger partial charge in [0.25, 0.3) is 0 Å². The van der Waals surface area contributed by atoms with Crippen molar-refractivity contribution in [1.82, 2.24) is 10.2 Å². The molecule has 1 aromatic rings. The van der Waals surface area contributed by atoms with Crippen molar-refractivity contribution in [2.75, 3.05) is 36.0 Å². The zero-order chi connectivity index (χ0) is 30.8. The Morgan fingerprint density at radius 3 is 2.14 bits per heavy atom. The topological polar surface area (TPSA) is 145 Å². The van der Waals surface area contributed by atoms with Crippen molar-refractivity contribution in [2.45, 2.75) is 57.4 Å². The average molecular weight is 601 g/mol. The van der Waals surface area contributed by atoms with Gasteiger partial charge < -0.3 is 31.7 Å². The van der Waals surface area contributed by atoms with Gasteiger partial charge in [-0.25, -0.2) is 4.79 Å². The lowest BCUT2D eigenvalue weighted by molar-refractivity contribution is -0.145. The highest BCUT2D eigenvalue weighted by atomic mass is 16.4. The number of fused-ring (bicyclic) bond motifs is 1. The fourth-order valence-electron chi connectivity index (χ4n) is 9.65. The van der Waals surface area contributed by atoms with E-state index in [9.17, 15) is 19.5 Å². The number of amides is 3. The number of nitrogens with two attached hydrogens (primary N) is 2.